The van der Waals surface area contributed by atoms with Crippen molar-refractivity contribution >= 4 is 23.6 Å². The first-order chi connectivity index (χ1) is 14.2. The highest BCUT2D eigenvalue weighted by atomic mass is 32.2. The van der Waals surface area contributed by atoms with Crippen LogP contribution in [0.4, 0.5) is 13.2 Å². The van der Waals surface area contributed by atoms with Crippen molar-refractivity contribution in [3.8, 4) is 0 Å². The van der Waals surface area contributed by atoms with E-state index in [4.69, 9.17) is 4.74 Å². The van der Waals surface area contributed by atoms with Crippen LogP contribution >= 0.6 is 11.8 Å². The molecule has 0 aromatic heterocycles. The zero-order valence-electron chi connectivity index (χ0n) is 15.9. The Hall–Kier alpha value is -2.48. The summed E-state index contributed by atoms with van der Waals surface area (Å²) < 4.78 is 43.4. The maximum atomic E-state index is 13.4. The summed E-state index contributed by atoms with van der Waals surface area (Å²) in [5.74, 6) is -0.408. The number of carbonyl (C=O) groups excluding carboxylic acids is 2. The Balaban J connectivity index is 1.35. The van der Waals surface area contributed by atoms with Gasteiger partial charge in [0.2, 0.25) is 5.91 Å². The average molecular weight is 433 g/mol. The molecule has 1 aliphatic carbocycles. The number of carbonyl (C=O) groups is 2. The van der Waals surface area contributed by atoms with E-state index >= 15 is 0 Å². The van der Waals surface area contributed by atoms with Gasteiger partial charge in [-0.15, -0.1) is 0 Å². The van der Waals surface area contributed by atoms with Crippen molar-refractivity contribution in [1.82, 2.24) is 4.90 Å². The molecule has 156 valence electrons. The van der Waals surface area contributed by atoms with Crippen LogP contribution in [-0.2, 0) is 20.5 Å². The molecule has 1 atom stereocenters. The third-order valence-corrected chi connectivity index (χ3v) is 6.98. The van der Waals surface area contributed by atoms with Gasteiger partial charge in [0.05, 0.1) is 17.5 Å². The second-order valence-electron chi connectivity index (χ2n) is 8.06. The van der Waals surface area contributed by atoms with Crippen molar-refractivity contribution in [2.45, 2.75) is 40.7 Å². The number of esters is 1. The van der Waals surface area contributed by atoms with Crippen molar-refractivity contribution < 1.29 is 27.5 Å². The molecule has 0 bridgehead atoms. The van der Waals surface area contributed by atoms with Crippen molar-refractivity contribution in [2.24, 2.45) is 0 Å². The average Bonchev–Trinajstić information content (AvgIpc) is 3.33. The number of alkyl halides is 3. The largest absolute Gasteiger partial charge is 0.449 e. The zero-order chi connectivity index (χ0) is 21.1. The summed E-state index contributed by atoms with van der Waals surface area (Å²) in [6.45, 7) is 0.780. The smallest absolute Gasteiger partial charge is 0.446 e. The van der Waals surface area contributed by atoms with Crippen LogP contribution < -0.4 is 0 Å². The lowest BCUT2D eigenvalue weighted by Crippen LogP contribution is -2.40. The van der Waals surface area contributed by atoms with Gasteiger partial charge in [0, 0.05) is 23.4 Å². The predicted molar refractivity (Wildman–Crippen MR) is 104 cm³/mol. The van der Waals surface area contributed by atoms with E-state index in [-0.39, 0.29) is 28.5 Å². The topological polar surface area (TPSA) is 46.6 Å². The minimum atomic E-state index is -4.34. The van der Waals surface area contributed by atoms with E-state index in [0.29, 0.717) is 37.9 Å². The van der Waals surface area contributed by atoms with Gasteiger partial charge in [-0.05, 0) is 48.4 Å². The fourth-order valence-corrected chi connectivity index (χ4v) is 5.17. The first kappa shape index (κ1) is 19.5. The number of likely N-dealkylation sites (tertiary alicyclic amines) is 1. The molecule has 2 heterocycles. The van der Waals surface area contributed by atoms with Gasteiger partial charge in [0.1, 0.15) is 0 Å². The monoisotopic (exact) mass is 433 g/mol. The van der Waals surface area contributed by atoms with E-state index in [1.54, 1.807) is 29.2 Å². The first-order valence-electron chi connectivity index (χ1n) is 9.71. The van der Waals surface area contributed by atoms with Crippen LogP contribution in [0.5, 0.6) is 0 Å². The Morgan fingerprint density at radius 1 is 1.03 bits per heavy atom. The number of hydrogen-bond donors (Lipinski definition) is 0. The minimum absolute atomic E-state index is 0.0453. The van der Waals surface area contributed by atoms with Crippen molar-refractivity contribution in [2.75, 3.05) is 13.1 Å². The maximum absolute atomic E-state index is 13.4. The van der Waals surface area contributed by atoms with Crippen molar-refractivity contribution in [1.29, 1.82) is 0 Å². The fraction of sp³-hybridized carbons (Fsp3) is 0.364. The van der Waals surface area contributed by atoms with E-state index in [9.17, 15) is 22.8 Å². The molecule has 8 heteroatoms. The lowest BCUT2D eigenvalue weighted by molar-refractivity contribution is -0.134. The molecule has 0 radical (unpaired) electrons. The molecular formula is C22H18F3NO3S. The molecule has 2 fully saturated rings. The predicted octanol–water partition coefficient (Wildman–Crippen LogP) is 4.63. The van der Waals surface area contributed by atoms with Crippen LogP contribution in [0, 0.1) is 0 Å². The van der Waals surface area contributed by atoms with E-state index < -0.39 is 16.5 Å². The van der Waals surface area contributed by atoms with Crippen LogP contribution in [0.1, 0.15) is 40.7 Å². The van der Waals surface area contributed by atoms with Crippen molar-refractivity contribution in [3.63, 3.8) is 0 Å². The molecule has 30 heavy (non-hydrogen) atoms. The van der Waals surface area contributed by atoms with Crippen LogP contribution in [0.15, 0.2) is 53.4 Å². The molecule has 5 rings (SSSR count). The van der Waals surface area contributed by atoms with Gasteiger partial charge in [-0.25, -0.2) is 4.79 Å². The Bertz CT molecular complexity index is 1030. The van der Waals surface area contributed by atoms with E-state index in [1.165, 1.54) is 12.1 Å². The van der Waals surface area contributed by atoms with E-state index in [0.717, 1.165) is 11.1 Å². The molecule has 0 unspecified atom stereocenters. The molecule has 0 N–H and O–H groups in total. The number of rotatable bonds is 3. The zero-order valence-corrected chi connectivity index (χ0v) is 16.7. The van der Waals surface area contributed by atoms with Crippen LogP contribution in [0.3, 0.4) is 0 Å². The van der Waals surface area contributed by atoms with Crippen LogP contribution in [-0.4, -0.2) is 35.4 Å². The second kappa shape index (κ2) is 6.51. The number of halogens is 3. The lowest BCUT2D eigenvalue weighted by Gasteiger charge is -2.27. The minimum Gasteiger partial charge on any atom is -0.449 e. The molecule has 3 aliphatic rings. The molecule has 4 nitrogen and oxygen atoms in total. The highest BCUT2D eigenvalue weighted by molar-refractivity contribution is 8.00. The summed E-state index contributed by atoms with van der Waals surface area (Å²) in [5, 5.41) is 0. The number of ether oxygens (including phenoxy) is 1. The molecule has 1 amide bonds. The SMILES string of the molecule is O=C1O[C@]2(CCN(C(=O)C3(c4ccc(SC(F)(F)F)cc4)CC3)C2)c2ccccc21. The molecule has 2 aliphatic heterocycles. The van der Waals surface area contributed by atoms with E-state index in [2.05, 4.69) is 0 Å². The Morgan fingerprint density at radius 3 is 2.40 bits per heavy atom. The van der Waals surface area contributed by atoms with Gasteiger partial charge in [-0.1, -0.05) is 30.3 Å². The second-order valence-corrected chi connectivity index (χ2v) is 9.20. The van der Waals surface area contributed by atoms with E-state index in [1.807, 2.05) is 12.1 Å². The highest BCUT2D eigenvalue weighted by Crippen LogP contribution is 2.52. The summed E-state index contributed by atoms with van der Waals surface area (Å²) in [7, 11) is 0. The molecule has 2 aromatic rings. The molecular weight excluding hydrogens is 415 g/mol. The molecule has 1 saturated heterocycles. The van der Waals surface area contributed by atoms with Crippen LogP contribution in [0.2, 0.25) is 0 Å². The lowest BCUT2D eigenvalue weighted by atomic mass is 9.91. The third-order valence-electron chi connectivity index (χ3n) is 6.24. The number of nitrogens with zero attached hydrogens (tertiary/aromatic N) is 1. The normalized spacial score (nSPS) is 24.1. The van der Waals surface area contributed by atoms with Gasteiger partial charge >= 0.3 is 11.5 Å². The van der Waals surface area contributed by atoms with Crippen LogP contribution in [0.25, 0.3) is 0 Å². The summed E-state index contributed by atoms with van der Waals surface area (Å²) in [5.41, 5.74) is -3.71. The summed E-state index contributed by atoms with van der Waals surface area (Å²) in [4.78, 5) is 27.5. The van der Waals surface area contributed by atoms with Gasteiger partial charge in [0.25, 0.3) is 0 Å². The van der Waals surface area contributed by atoms with Gasteiger partial charge in [0.15, 0.2) is 5.60 Å². The number of benzene rings is 2. The molecule has 1 spiro atoms. The number of amides is 1. The maximum Gasteiger partial charge on any atom is 0.446 e. The third kappa shape index (κ3) is 3.09. The Kier molecular flexibility index (Phi) is 4.23. The number of hydrogen-bond acceptors (Lipinski definition) is 4. The number of fused-ring (bicyclic) bond motifs is 2. The summed E-state index contributed by atoms with van der Waals surface area (Å²) >= 11 is -0.163. The number of thioether (sulfide) groups is 1. The molecule has 2 aromatic carbocycles. The highest BCUT2D eigenvalue weighted by Gasteiger charge is 2.57. The van der Waals surface area contributed by atoms with Crippen molar-refractivity contribution in [3.05, 3.63) is 65.2 Å². The standard InChI is InChI=1S/C22H18F3NO3S/c23-22(24,25)30-15-7-5-14(6-8-15)20(9-10-20)19(28)26-12-11-21(13-26)17-4-2-1-3-16(17)18(27)29-21/h1-8H,9-13H2/t21-/m0/s1. The quantitative estimate of drug-likeness (QED) is 0.523. The Labute approximate surface area is 175 Å². The molecule has 1 saturated carbocycles. The van der Waals surface area contributed by atoms with Gasteiger partial charge < -0.3 is 9.64 Å². The van der Waals surface area contributed by atoms with Gasteiger partial charge in [-0.2, -0.15) is 13.2 Å². The van der Waals surface area contributed by atoms with Gasteiger partial charge in [-0.3, -0.25) is 4.79 Å². The summed E-state index contributed by atoms with van der Waals surface area (Å²) in [6, 6.07) is 13.3. The first-order valence-corrected chi connectivity index (χ1v) is 10.5. The summed E-state index contributed by atoms with van der Waals surface area (Å²) in [6.07, 6.45) is 1.87. The Morgan fingerprint density at radius 2 is 1.73 bits per heavy atom. The fourth-order valence-electron chi connectivity index (χ4n) is 4.63.